The fraction of sp³-hybridized carbons (Fsp3) is 0.409. The third kappa shape index (κ3) is 4.99. The molecule has 1 heterocycles. The molecule has 1 saturated heterocycles. The number of hydrogen-bond acceptors (Lipinski definition) is 5. The summed E-state index contributed by atoms with van der Waals surface area (Å²) in [5.74, 6) is -0.719. The van der Waals surface area contributed by atoms with Crippen molar-refractivity contribution in [2.75, 3.05) is 26.3 Å². The van der Waals surface area contributed by atoms with E-state index >= 15 is 0 Å². The summed E-state index contributed by atoms with van der Waals surface area (Å²) < 4.78 is 51.4. The molecule has 2 aromatic rings. The van der Waals surface area contributed by atoms with Crippen molar-refractivity contribution < 1.29 is 27.1 Å². The SMILES string of the molecule is Cc1cccc(C)c1OCCOC(=O)C1CCN(S(=O)(=O)c2ccccc2F)CC1. The second-order valence-electron chi connectivity index (χ2n) is 7.35. The zero-order chi connectivity index (χ0) is 21.7. The van der Waals surface area contributed by atoms with Crippen molar-refractivity contribution in [1.29, 1.82) is 0 Å². The molecule has 6 nitrogen and oxygen atoms in total. The van der Waals surface area contributed by atoms with Gasteiger partial charge in [-0.15, -0.1) is 0 Å². The molecule has 0 aromatic heterocycles. The van der Waals surface area contributed by atoms with Crippen LogP contribution in [0.2, 0.25) is 0 Å². The molecule has 0 N–H and O–H groups in total. The summed E-state index contributed by atoms with van der Waals surface area (Å²) in [7, 11) is -3.92. The zero-order valence-electron chi connectivity index (χ0n) is 17.1. The van der Waals surface area contributed by atoms with Gasteiger partial charge in [-0.1, -0.05) is 30.3 Å². The number of carbonyl (C=O) groups excluding carboxylic acids is 1. The monoisotopic (exact) mass is 435 g/mol. The van der Waals surface area contributed by atoms with Gasteiger partial charge < -0.3 is 9.47 Å². The third-order valence-electron chi connectivity index (χ3n) is 5.22. The predicted molar refractivity (Wildman–Crippen MR) is 110 cm³/mol. The van der Waals surface area contributed by atoms with Crippen molar-refractivity contribution in [2.24, 2.45) is 5.92 Å². The Balaban J connectivity index is 1.47. The van der Waals surface area contributed by atoms with Gasteiger partial charge in [-0.05, 0) is 49.9 Å². The van der Waals surface area contributed by atoms with E-state index in [1.54, 1.807) is 0 Å². The van der Waals surface area contributed by atoms with E-state index in [9.17, 15) is 17.6 Å². The number of sulfonamides is 1. The molecule has 2 aromatic carbocycles. The van der Waals surface area contributed by atoms with Gasteiger partial charge in [0.2, 0.25) is 10.0 Å². The van der Waals surface area contributed by atoms with Gasteiger partial charge in [0.25, 0.3) is 0 Å². The van der Waals surface area contributed by atoms with Crippen molar-refractivity contribution in [2.45, 2.75) is 31.6 Å². The van der Waals surface area contributed by atoms with Gasteiger partial charge in [0.05, 0.1) is 5.92 Å². The quantitative estimate of drug-likeness (QED) is 0.492. The zero-order valence-corrected chi connectivity index (χ0v) is 18.0. The minimum atomic E-state index is -3.92. The van der Waals surface area contributed by atoms with E-state index in [2.05, 4.69) is 0 Å². The first-order valence-corrected chi connectivity index (χ1v) is 11.3. The average molecular weight is 436 g/mol. The Labute approximate surface area is 176 Å². The second kappa shape index (κ2) is 9.57. The van der Waals surface area contributed by atoms with E-state index < -0.39 is 15.8 Å². The van der Waals surface area contributed by atoms with Gasteiger partial charge in [0, 0.05) is 13.1 Å². The summed E-state index contributed by atoms with van der Waals surface area (Å²) in [6, 6.07) is 11.2. The lowest BCUT2D eigenvalue weighted by Crippen LogP contribution is -2.41. The van der Waals surface area contributed by atoms with E-state index in [0.717, 1.165) is 22.9 Å². The van der Waals surface area contributed by atoms with Crippen molar-refractivity contribution in [3.8, 4) is 5.75 Å². The molecule has 1 aliphatic heterocycles. The fourth-order valence-corrected chi connectivity index (χ4v) is 5.09. The summed E-state index contributed by atoms with van der Waals surface area (Å²) in [5, 5.41) is 0. The number of ether oxygens (including phenoxy) is 2. The molecule has 162 valence electrons. The first-order valence-electron chi connectivity index (χ1n) is 9.91. The van der Waals surface area contributed by atoms with Crippen LogP contribution in [0.1, 0.15) is 24.0 Å². The Kier molecular flexibility index (Phi) is 7.10. The van der Waals surface area contributed by atoms with Crippen molar-refractivity contribution in [1.82, 2.24) is 4.31 Å². The smallest absolute Gasteiger partial charge is 0.309 e. The van der Waals surface area contributed by atoms with Crippen molar-refractivity contribution in [3.63, 3.8) is 0 Å². The van der Waals surface area contributed by atoms with Crippen LogP contribution in [0.15, 0.2) is 47.4 Å². The van der Waals surface area contributed by atoms with Crippen LogP contribution in [0.25, 0.3) is 0 Å². The molecular weight excluding hydrogens is 409 g/mol. The van der Waals surface area contributed by atoms with E-state index in [-0.39, 0.29) is 43.1 Å². The molecule has 1 fully saturated rings. The minimum absolute atomic E-state index is 0.125. The number of rotatable bonds is 7. The van der Waals surface area contributed by atoms with E-state index in [1.165, 1.54) is 22.5 Å². The Morgan fingerprint density at radius 2 is 1.67 bits per heavy atom. The molecular formula is C22H26FNO5S. The van der Waals surface area contributed by atoms with Gasteiger partial charge in [-0.3, -0.25) is 4.79 Å². The Bertz CT molecular complexity index is 980. The average Bonchev–Trinajstić information content (AvgIpc) is 2.73. The molecule has 0 radical (unpaired) electrons. The van der Waals surface area contributed by atoms with Crippen molar-refractivity contribution in [3.05, 3.63) is 59.4 Å². The summed E-state index contributed by atoms with van der Waals surface area (Å²) in [6.45, 7) is 4.58. The van der Waals surface area contributed by atoms with Gasteiger partial charge >= 0.3 is 5.97 Å². The number of piperidine rings is 1. The van der Waals surface area contributed by atoms with Gasteiger partial charge in [0.15, 0.2) is 0 Å². The van der Waals surface area contributed by atoms with E-state index in [0.29, 0.717) is 12.8 Å². The summed E-state index contributed by atoms with van der Waals surface area (Å²) >= 11 is 0. The fourth-order valence-electron chi connectivity index (χ4n) is 3.56. The highest BCUT2D eigenvalue weighted by molar-refractivity contribution is 7.89. The number of para-hydroxylation sites is 1. The van der Waals surface area contributed by atoms with Gasteiger partial charge in [0.1, 0.15) is 29.7 Å². The largest absolute Gasteiger partial charge is 0.489 e. The van der Waals surface area contributed by atoms with Crippen LogP contribution in [0.3, 0.4) is 0 Å². The standard InChI is InChI=1S/C22H26FNO5S/c1-16-6-5-7-17(2)21(16)28-14-15-29-22(25)18-10-12-24(13-11-18)30(26,27)20-9-4-3-8-19(20)23/h3-9,18H,10-15H2,1-2H3. The number of carbonyl (C=O) groups is 1. The predicted octanol–water partition coefficient (Wildman–Crippen LogP) is 3.47. The molecule has 0 atom stereocenters. The number of hydrogen-bond donors (Lipinski definition) is 0. The normalized spacial score (nSPS) is 15.7. The van der Waals surface area contributed by atoms with Crippen LogP contribution in [-0.2, 0) is 19.6 Å². The highest BCUT2D eigenvalue weighted by Gasteiger charge is 2.34. The summed E-state index contributed by atoms with van der Waals surface area (Å²) in [6.07, 6.45) is 0.675. The molecule has 8 heteroatoms. The lowest BCUT2D eigenvalue weighted by Gasteiger charge is -2.30. The van der Waals surface area contributed by atoms with Crippen LogP contribution < -0.4 is 4.74 Å². The number of halogens is 1. The van der Waals surface area contributed by atoms with E-state index in [4.69, 9.17) is 9.47 Å². The maximum atomic E-state index is 13.9. The van der Waals surface area contributed by atoms with Crippen LogP contribution in [0, 0.1) is 25.6 Å². The lowest BCUT2D eigenvalue weighted by molar-refractivity contribution is -0.150. The van der Waals surface area contributed by atoms with Crippen LogP contribution in [0.5, 0.6) is 5.75 Å². The number of esters is 1. The van der Waals surface area contributed by atoms with Crippen LogP contribution in [0.4, 0.5) is 4.39 Å². The number of aryl methyl sites for hydroxylation is 2. The molecule has 1 aliphatic rings. The Morgan fingerprint density at radius 1 is 1.03 bits per heavy atom. The molecule has 30 heavy (non-hydrogen) atoms. The maximum Gasteiger partial charge on any atom is 0.309 e. The maximum absolute atomic E-state index is 13.9. The minimum Gasteiger partial charge on any atom is -0.489 e. The van der Waals surface area contributed by atoms with Crippen molar-refractivity contribution >= 4 is 16.0 Å². The van der Waals surface area contributed by atoms with Crippen LogP contribution in [-0.4, -0.2) is 45.0 Å². The Morgan fingerprint density at radius 3 is 2.30 bits per heavy atom. The highest BCUT2D eigenvalue weighted by atomic mass is 32.2. The van der Waals surface area contributed by atoms with E-state index in [1.807, 2.05) is 32.0 Å². The molecule has 0 aliphatic carbocycles. The van der Waals surface area contributed by atoms with Gasteiger partial charge in [-0.2, -0.15) is 4.31 Å². The summed E-state index contributed by atoms with van der Waals surface area (Å²) in [4.78, 5) is 12.0. The molecule has 0 amide bonds. The molecule has 0 saturated carbocycles. The van der Waals surface area contributed by atoms with Crippen LogP contribution >= 0.6 is 0 Å². The van der Waals surface area contributed by atoms with Gasteiger partial charge in [-0.25, -0.2) is 12.8 Å². The number of nitrogens with zero attached hydrogens (tertiary/aromatic N) is 1. The number of benzene rings is 2. The summed E-state index contributed by atoms with van der Waals surface area (Å²) in [5.41, 5.74) is 2.04. The first kappa shape index (κ1) is 22.2. The molecule has 0 spiro atoms. The molecule has 3 rings (SSSR count). The highest BCUT2D eigenvalue weighted by Crippen LogP contribution is 2.26. The molecule has 0 bridgehead atoms. The Hall–Kier alpha value is -2.45. The first-order chi connectivity index (χ1) is 14.3. The third-order valence-corrected chi connectivity index (χ3v) is 7.16. The topological polar surface area (TPSA) is 72.9 Å². The molecule has 0 unspecified atom stereocenters. The lowest BCUT2D eigenvalue weighted by atomic mass is 9.98. The second-order valence-corrected chi connectivity index (χ2v) is 9.25.